The first kappa shape index (κ1) is 35.2. The fourth-order valence-corrected chi connectivity index (χ4v) is 4.82. The summed E-state index contributed by atoms with van der Waals surface area (Å²) in [4.78, 5) is 54.3. The van der Waals surface area contributed by atoms with Crippen LogP contribution >= 0.6 is 0 Å². The number of carbonyl (C=O) groups excluding carboxylic acids is 3. The minimum absolute atomic E-state index is 0.0153. The van der Waals surface area contributed by atoms with Gasteiger partial charge in [0.2, 0.25) is 11.8 Å². The second-order valence-electron chi connectivity index (χ2n) is 11.9. The summed E-state index contributed by atoms with van der Waals surface area (Å²) in [6.45, 7) is 7.23. The zero-order valence-corrected chi connectivity index (χ0v) is 26.6. The van der Waals surface area contributed by atoms with Crippen LogP contribution in [0.3, 0.4) is 0 Å². The third-order valence-electron chi connectivity index (χ3n) is 7.56. The van der Waals surface area contributed by atoms with Gasteiger partial charge in [-0.25, -0.2) is 4.79 Å². The van der Waals surface area contributed by atoms with Crippen molar-refractivity contribution in [2.75, 3.05) is 13.7 Å². The summed E-state index contributed by atoms with van der Waals surface area (Å²) in [5.74, 6) is -2.83. The maximum absolute atomic E-state index is 13.2. The van der Waals surface area contributed by atoms with Gasteiger partial charge in [0.25, 0.3) is 0 Å². The van der Waals surface area contributed by atoms with Crippen LogP contribution in [-0.2, 0) is 35.1 Å². The van der Waals surface area contributed by atoms with Crippen LogP contribution in [0.5, 0.6) is 5.75 Å². The maximum Gasteiger partial charge on any atom is 0.345 e. The summed E-state index contributed by atoms with van der Waals surface area (Å²) in [6.07, 6.45) is 5.50. The van der Waals surface area contributed by atoms with E-state index in [0.29, 0.717) is 23.8 Å². The normalized spacial score (nSPS) is 18.4. The smallest absolute Gasteiger partial charge is 0.345 e. The highest BCUT2D eigenvalue weighted by molar-refractivity contribution is 5.93. The quantitative estimate of drug-likeness (QED) is 0.127. The molecule has 1 aliphatic heterocycles. The summed E-state index contributed by atoms with van der Waals surface area (Å²) in [7, 11) is 1.52. The lowest BCUT2D eigenvalue weighted by Crippen LogP contribution is -2.49. The maximum atomic E-state index is 13.2. The Balaban J connectivity index is 1.54. The molecule has 244 valence electrons. The van der Waals surface area contributed by atoms with Crippen LogP contribution in [0.15, 0.2) is 60.8 Å². The van der Waals surface area contributed by atoms with E-state index in [4.69, 9.17) is 14.2 Å². The van der Waals surface area contributed by atoms with Gasteiger partial charge >= 0.3 is 11.9 Å². The molecule has 45 heavy (non-hydrogen) atoms. The summed E-state index contributed by atoms with van der Waals surface area (Å²) >= 11 is 0. The number of nitrogens with one attached hydrogen (secondary N) is 2. The number of hydrogen-bond acceptors (Lipinski definition) is 8. The zero-order valence-electron chi connectivity index (χ0n) is 26.6. The van der Waals surface area contributed by atoms with Crippen molar-refractivity contribution in [1.29, 1.82) is 0 Å². The number of methoxy groups -OCH3 is 1. The van der Waals surface area contributed by atoms with Gasteiger partial charge in [0.15, 0.2) is 6.10 Å². The van der Waals surface area contributed by atoms with Crippen molar-refractivity contribution < 1.29 is 38.5 Å². The van der Waals surface area contributed by atoms with Gasteiger partial charge in [-0.2, -0.15) is 0 Å². The Labute approximate surface area is 264 Å². The number of aliphatic carboxylic acids is 1. The molecule has 0 saturated carbocycles. The Bertz CT molecular complexity index is 1300. The van der Waals surface area contributed by atoms with Crippen molar-refractivity contribution in [2.24, 2.45) is 17.8 Å². The van der Waals surface area contributed by atoms with Gasteiger partial charge in [-0.05, 0) is 54.9 Å². The molecule has 0 spiro atoms. The molecule has 2 heterocycles. The number of hydrogen-bond donors (Lipinski definition) is 3. The number of carbonyl (C=O) groups is 4. The molecule has 1 aromatic carbocycles. The number of allylic oxidation sites excluding steroid dienone is 1. The standard InChI is InChI=1S/C34H45N3O8/c1-21(2)17-28(33(40)41)44-34(42)23(4)19-36-32(39)27(18-25-15-16-26(43-5)20-35-25)37-29(38)14-10-9-11-22(3)30-31(45-30)24-12-7-6-8-13-24/h6-8,10,12-16,20-23,27-28,30-31H,9,11,17-19H2,1-5H3,(H,36,39)(H,37,38)(H,40,41)/b14-10+/t22?,23?,27-,28+,30-,31-/m1/s1. The third-order valence-corrected chi connectivity index (χ3v) is 7.56. The zero-order chi connectivity index (χ0) is 32.9. The topological polar surface area (TPSA) is 156 Å². The van der Waals surface area contributed by atoms with E-state index in [1.54, 1.807) is 18.2 Å². The first-order valence-corrected chi connectivity index (χ1v) is 15.4. The van der Waals surface area contributed by atoms with E-state index in [1.165, 1.54) is 31.9 Å². The first-order valence-electron chi connectivity index (χ1n) is 15.4. The number of carboxylic acid groups (broad SMARTS) is 1. The molecule has 0 aliphatic carbocycles. The van der Waals surface area contributed by atoms with E-state index in [2.05, 4.69) is 34.7 Å². The predicted octanol–water partition coefficient (Wildman–Crippen LogP) is 4.02. The Morgan fingerprint density at radius 2 is 1.80 bits per heavy atom. The van der Waals surface area contributed by atoms with Gasteiger partial charge in [0, 0.05) is 18.7 Å². The molecule has 0 radical (unpaired) electrons. The summed E-state index contributed by atoms with van der Waals surface area (Å²) in [5.41, 5.74) is 1.72. The summed E-state index contributed by atoms with van der Waals surface area (Å²) < 4.78 is 16.2. The number of ether oxygens (including phenoxy) is 3. The van der Waals surface area contributed by atoms with E-state index >= 15 is 0 Å². The second-order valence-corrected chi connectivity index (χ2v) is 11.9. The van der Waals surface area contributed by atoms with Crippen LogP contribution in [0, 0.1) is 17.8 Å². The SMILES string of the molecule is COc1ccc(C[C@@H](NC(=O)/C=C/CCC(C)[C@H]2O[C@@H]2c2ccccc2)C(=O)NCC(C)C(=O)O[C@@H](CC(C)C)C(=O)O)nc1. The number of benzene rings is 1. The molecule has 1 aliphatic rings. The highest BCUT2D eigenvalue weighted by Crippen LogP contribution is 2.44. The predicted molar refractivity (Wildman–Crippen MR) is 167 cm³/mol. The molecule has 1 fully saturated rings. The molecule has 3 rings (SSSR count). The minimum Gasteiger partial charge on any atom is -0.495 e. The van der Waals surface area contributed by atoms with E-state index < -0.39 is 41.8 Å². The van der Waals surface area contributed by atoms with E-state index in [9.17, 15) is 24.3 Å². The Kier molecular flexibility index (Phi) is 13.5. The molecule has 11 nitrogen and oxygen atoms in total. The number of epoxide rings is 1. The van der Waals surface area contributed by atoms with Crippen molar-refractivity contribution >= 4 is 23.8 Å². The number of nitrogens with zero attached hydrogens (tertiary/aromatic N) is 1. The molecule has 11 heteroatoms. The van der Waals surface area contributed by atoms with Crippen molar-refractivity contribution in [2.45, 2.75) is 77.7 Å². The van der Waals surface area contributed by atoms with Crippen LogP contribution in [-0.4, -0.2) is 65.7 Å². The molecule has 6 atom stereocenters. The third kappa shape index (κ3) is 11.6. The number of pyridine rings is 1. The molecule has 2 unspecified atom stereocenters. The number of rotatable bonds is 18. The molecule has 3 N–H and O–H groups in total. The monoisotopic (exact) mass is 623 g/mol. The van der Waals surface area contributed by atoms with Crippen molar-refractivity contribution in [3.8, 4) is 5.75 Å². The van der Waals surface area contributed by atoms with Crippen LogP contribution in [0.1, 0.15) is 64.3 Å². The van der Waals surface area contributed by atoms with Crippen LogP contribution < -0.4 is 15.4 Å². The van der Waals surface area contributed by atoms with Crippen LogP contribution in [0.4, 0.5) is 0 Å². The molecule has 1 saturated heterocycles. The molecule has 0 bridgehead atoms. The molecular formula is C34H45N3O8. The van der Waals surface area contributed by atoms with Gasteiger partial charge in [-0.1, -0.05) is 64.1 Å². The second kappa shape index (κ2) is 17.3. The lowest BCUT2D eigenvalue weighted by atomic mass is 9.97. The Morgan fingerprint density at radius 3 is 2.42 bits per heavy atom. The first-order chi connectivity index (χ1) is 21.5. The fraction of sp³-hybridized carbons (Fsp3) is 0.500. The van der Waals surface area contributed by atoms with E-state index in [-0.39, 0.29) is 37.5 Å². The average molecular weight is 624 g/mol. The van der Waals surface area contributed by atoms with Gasteiger partial charge in [-0.3, -0.25) is 19.4 Å². The van der Waals surface area contributed by atoms with Crippen molar-refractivity contribution in [1.82, 2.24) is 15.6 Å². The molecule has 2 amide bonds. The summed E-state index contributed by atoms with van der Waals surface area (Å²) in [6, 6.07) is 12.5. The lowest BCUT2D eigenvalue weighted by Gasteiger charge is -2.21. The summed E-state index contributed by atoms with van der Waals surface area (Å²) in [5, 5.41) is 14.8. The van der Waals surface area contributed by atoms with Gasteiger partial charge in [0.1, 0.15) is 17.9 Å². The number of aromatic nitrogens is 1. The Morgan fingerprint density at radius 1 is 1.07 bits per heavy atom. The number of carboxylic acids is 1. The number of esters is 1. The van der Waals surface area contributed by atoms with Gasteiger partial charge in [-0.15, -0.1) is 0 Å². The Hall–Kier alpha value is -4.25. The van der Waals surface area contributed by atoms with Gasteiger partial charge in [0.05, 0.1) is 25.3 Å². The van der Waals surface area contributed by atoms with E-state index in [0.717, 1.165) is 6.42 Å². The molecule has 2 aromatic rings. The van der Waals surface area contributed by atoms with Crippen molar-refractivity contribution in [3.05, 3.63) is 72.1 Å². The molecule has 1 aromatic heterocycles. The van der Waals surface area contributed by atoms with Gasteiger partial charge < -0.3 is 30.0 Å². The number of amides is 2. The van der Waals surface area contributed by atoms with Crippen LogP contribution in [0.25, 0.3) is 0 Å². The lowest BCUT2D eigenvalue weighted by molar-refractivity contribution is -0.167. The van der Waals surface area contributed by atoms with Crippen molar-refractivity contribution in [3.63, 3.8) is 0 Å². The average Bonchev–Trinajstić information content (AvgIpc) is 3.83. The fourth-order valence-electron chi connectivity index (χ4n) is 4.82. The minimum atomic E-state index is -1.26. The largest absolute Gasteiger partial charge is 0.495 e. The van der Waals surface area contributed by atoms with Crippen LogP contribution in [0.2, 0.25) is 0 Å². The highest BCUT2D eigenvalue weighted by atomic mass is 16.6. The highest BCUT2D eigenvalue weighted by Gasteiger charge is 2.43. The van der Waals surface area contributed by atoms with E-state index in [1.807, 2.05) is 32.0 Å². The molecular weight excluding hydrogens is 578 g/mol.